The summed E-state index contributed by atoms with van der Waals surface area (Å²) in [4.78, 5) is 14.1. The molecule has 1 aromatic carbocycles. The summed E-state index contributed by atoms with van der Waals surface area (Å²) in [7, 11) is 0. The molecule has 2 unspecified atom stereocenters. The molecule has 92 valence electrons. The molecule has 0 saturated carbocycles. The zero-order chi connectivity index (χ0) is 12.7. The highest BCUT2D eigenvalue weighted by Crippen LogP contribution is 2.43. The van der Waals surface area contributed by atoms with E-state index in [0.29, 0.717) is 23.4 Å². The van der Waals surface area contributed by atoms with Crippen molar-refractivity contribution < 1.29 is 14.6 Å². The number of fused-ring (bicyclic) bond motifs is 3. The topological polar surface area (TPSA) is 107 Å². The van der Waals surface area contributed by atoms with E-state index in [1.54, 1.807) is 6.07 Å². The molecule has 2 N–H and O–H groups in total. The SMILES string of the molecule is [N-]=[N+]=NCC1Cc2ccc3c(c2O1)C(O)C(=O)N3. The Hall–Kier alpha value is -2.24. The van der Waals surface area contributed by atoms with Crippen LogP contribution in [0.25, 0.3) is 10.4 Å². The third kappa shape index (κ3) is 1.49. The van der Waals surface area contributed by atoms with Crippen LogP contribution in [-0.2, 0) is 11.2 Å². The largest absolute Gasteiger partial charge is 0.489 e. The molecular formula is C11H10N4O3. The maximum Gasteiger partial charge on any atom is 0.258 e. The van der Waals surface area contributed by atoms with Crippen LogP contribution in [-0.4, -0.2) is 23.7 Å². The zero-order valence-electron chi connectivity index (χ0n) is 9.33. The van der Waals surface area contributed by atoms with Gasteiger partial charge in [-0.15, -0.1) is 0 Å². The van der Waals surface area contributed by atoms with Crippen molar-refractivity contribution in [2.45, 2.75) is 18.6 Å². The fraction of sp³-hybridized carbons (Fsp3) is 0.364. The molecule has 0 fully saturated rings. The summed E-state index contributed by atoms with van der Waals surface area (Å²) < 4.78 is 5.65. The number of nitrogens with zero attached hydrogens (tertiary/aromatic N) is 3. The molecule has 18 heavy (non-hydrogen) atoms. The molecular weight excluding hydrogens is 236 g/mol. The van der Waals surface area contributed by atoms with Gasteiger partial charge in [-0.25, -0.2) is 0 Å². The molecule has 7 heteroatoms. The number of carbonyl (C=O) groups excluding carboxylic acids is 1. The lowest BCUT2D eigenvalue weighted by Gasteiger charge is -2.10. The molecule has 1 aromatic rings. The molecule has 0 spiro atoms. The number of azide groups is 1. The Balaban J connectivity index is 1.96. The van der Waals surface area contributed by atoms with Gasteiger partial charge in [0.1, 0.15) is 11.9 Å². The predicted octanol–water partition coefficient (Wildman–Crippen LogP) is 1.29. The summed E-state index contributed by atoms with van der Waals surface area (Å²) in [6, 6.07) is 3.60. The highest BCUT2D eigenvalue weighted by Gasteiger charge is 2.36. The van der Waals surface area contributed by atoms with Crippen molar-refractivity contribution in [3.05, 3.63) is 33.7 Å². The van der Waals surface area contributed by atoms with Gasteiger partial charge in [0.15, 0.2) is 6.10 Å². The van der Waals surface area contributed by atoms with Crippen molar-refractivity contribution in [1.29, 1.82) is 0 Å². The molecule has 2 aliphatic heterocycles. The fourth-order valence-corrected chi connectivity index (χ4v) is 2.34. The second kappa shape index (κ2) is 3.90. The molecule has 7 nitrogen and oxygen atoms in total. The molecule has 0 aromatic heterocycles. The molecule has 2 aliphatic rings. The first kappa shape index (κ1) is 10.9. The Morgan fingerprint density at radius 2 is 2.44 bits per heavy atom. The fourth-order valence-electron chi connectivity index (χ4n) is 2.34. The van der Waals surface area contributed by atoms with Crippen LogP contribution in [0.1, 0.15) is 17.2 Å². The summed E-state index contributed by atoms with van der Waals surface area (Å²) >= 11 is 0. The van der Waals surface area contributed by atoms with Crippen LogP contribution in [0, 0.1) is 0 Å². The van der Waals surface area contributed by atoms with Crippen molar-refractivity contribution >= 4 is 11.6 Å². The second-order valence-electron chi connectivity index (χ2n) is 4.26. The molecule has 2 atom stereocenters. The first-order valence-electron chi connectivity index (χ1n) is 5.53. The third-order valence-corrected chi connectivity index (χ3v) is 3.14. The van der Waals surface area contributed by atoms with E-state index >= 15 is 0 Å². The third-order valence-electron chi connectivity index (χ3n) is 3.14. The number of hydrogen-bond acceptors (Lipinski definition) is 4. The smallest absolute Gasteiger partial charge is 0.258 e. The van der Waals surface area contributed by atoms with Gasteiger partial charge in [0.05, 0.1) is 17.8 Å². The number of aliphatic hydroxyl groups excluding tert-OH is 1. The number of hydrogen-bond donors (Lipinski definition) is 2. The Kier molecular flexibility index (Phi) is 2.36. The van der Waals surface area contributed by atoms with E-state index < -0.39 is 12.0 Å². The minimum atomic E-state index is -1.19. The van der Waals surface area contributed by atoms with Gasteiger partial charge >= 0.3 is 0 Å². The van der Waals surface area contributed by atoms with Crippen molar-refractivity contribution in [3.8, 4) is 5.75 Å². The van der Waals surface area contributed by atoms with Crippen LogP contribution in [0.15, 0.2) is 17.2 Å². The number of aliphatic hydroxyl groups is 1. The van der Waals surface area contributed by atoms with E-state index in [0.717, 1.165) is 5.56 Å². The minimum Gasteiger partial charge on any atom is -0.489 e. The molecule has 1 amide bonds. The number of nitrogens with one attached hydrogen (secondary N) is 1. The van der Waals surface area contributed by atoms with Gasteiger partial charge < -0.3 is 15.2 Å². The lowest BCUT2D eigenvalue weighted by molar-refractivity contribution is -0.123. The molecule has 2 heterocycles. The average molecular weight is 246 g/mol. The van der Waals surface area contributed by atoms with Gasteiger partial charge in [-0.1, -0.05) is 11.2 Å². The van der Waals surface area contributed by atoms with Gasteiger partial charge in [-0.2, -0.15) is 0 Å². The summed E-state index contributed by atoms with van der Waals surface area (Å²) in [6.45, 7) is 0.234. The summed E-state index contributed by atoms with van der Waals surface area (Å²) in [5.74, 6) is 0.0944. The van der Waals surface area contributed by atoms with Crippen LogP contribution in [0.4, 0.5) is 5.69 Å². The first-order chi connectivity index (χ1) is 8.70. The Morgan fingerprint density at radius 1 is 1.61 bits per heavy atom. The second-order valence-corrected chi connectivity index (χ2v) is 4.26. The van der Waals surface area contributed by atoms with Crippen LogP contribution >= 0.6 is 0 Å². The molecule has 0 bridgehead atoms. The highest BCUT2D eigenvalue weighted by atomic mass is 16.5. The Labute approximate surface area is 102 Å². The van der Waals surface area contributed by atoms with Gasteiger partial charge in [0.25, 0.3) is 5.91 Å². The number of amides is 1. The van der Waals surface area contributed by atoms with Gasteiger partial charge in [-0.05, 0) is 17.2 Å². The van der Waals surface area contributed by atoms with E-state index in [1.807, 2.05) is 6.07 Å². The summed E-state index contributed by atoms with van der Waals surface area (Å²) in [5, 5.41) is 15.9. The molecule has 0 aliphatic carbocycles. The van der Waals surface area contributed by atoms with Crippen LogP contribution in [0.2, 0.25) is 0 Å². The number of benzene rings is 1. The number of carbonyl (C=O) groups is 1. The number of anilines is 1. The van der Waals surface area contributed by atoms with E-state index in [2.05, 4.69) is 15.3 Å². The zero-order valence-corrected chi connectivity index (χ0v) is 9.33. The quantitative estimate of drug-likeness (QED) is 0.466. The highest BCUT2D eigenvalue weighted by molar-refractivity contribution is 6.02. The van der Waals surface area contributed by atoms with Crippen LogP contribution in [0.5, 0.6) is 5.75 Å². The van der Waals surface area contributed by atoms with E-state index in [1.165, 1.54) is 0 Å². The van der Waals surface area contributed by atoms with Crippen LogP contribution < -0.4 is 10.1 Å². The van der Waals surface area contributed by atoms with Crippen molar-refractivity contribution in [1.82, 2.24) is 0 Å². The van der Waals surface area contributed by atoms with Crippen molar-refractivity contribution in [2.24, 2.45) is 5.11 Å². The summed E-state index contributed by atoms with van der Waals surface area (Å²) in [6.07, 6.45) is -0.804. The van der Waals surface area contributed by atoms with E-state index in [-0.39, 0.29) is 12.6 Å². The lowest BCUT2D eigenvalue weighted by atomic mass is 10.0. The Bertz CT molecular complexity index is 580. The lowest BCUT2D eigenvalue weighted by Crippen LogP contribution is -2.16. The predicted molar refractivity (Wildman–Crippen MR) is 62.2 cm³/mol. The number of rotatable bonds is 2. The first-order valence-corrected chi connectivity index (χ1v) is 5.53. The molecule has 3 rings (SSSR count). The van der Waals surface area contributed by atoms with E-state index in [9.17, 15) is 9.90 Å². The van der Waals surface area contributed by atoms with Crippen molar-refractivity contribution in [3.63, 3.8) is 0 Å². The van der Waals surface area contributed by atoms with Gasteiger partial charge in [-0.3, -0.25) is 4.79 Å². The maximum absolute atomic E-state index is 11.4. The number of ether oxygens (including phenoxy) is 1. The van der Waals surface area contributed by atoms with Crippen molar-refractivity contribution in [2.75, 3.05) is 11.9 Å². The molecule has 0 radical (unpaired) electrons. The molecule has 0 saturated heterocycles. The monoisotopic (exact) mass is 246 g/mol. The van der Waals surface area contributed by atoms with E-state index in [4.69, 9.17) is 10.3 Å². The Morgan fingerprint density at radius 3 is 3.22 bits per heavy atom. The average Bonchev–Trinajstić information content (AvgIpc) is 2.89. The normalized spacial score (nSPS) is 23.7. The van der Waals surface area contributed by atoms with Gasteiger partial charge in [0.2, 0.25) is 0 Å². The maximum atomic E-state index is 11.4. The van der Waals surface area contributed by atoms with Gasteiger partial charge in [0, 0.05) is 11.3 Å². The summed E-state index contributed by atoms with van der Waals surface area (Å²) in [5.41, 5.74) is 10.3. The van der Waals surface area contributed by atoms with Crippen LogP contribution in [0.3, 0.4) is 0 Å². The minimum absolute atomic E-state index is 0.231. The standard InChI is InChI=1S/C11H10N4O3/c12-15-13-4-6-3-5-1-2-7-8(10(5)18-6)9(16)11(17)14-7/h1-2,6,9,16H,3-4H2,(H,14,17).